The zero-order valence-corrected chi connectivity index (χ0v) is 14.8. The molecular weight excluding hydrogens is 312 g/mol. The molecule has 3 aromatic carbocycles. The Morgan fingerprint density at radius 1 is 0.750 bits per heavy atom. The van der Waals surface area contributed by atoms with E-state index in [1.165, 1.54) is 21.9 Å². The quantitative estimate of drug-likeness (QED) is 0.647. The topological polar surface area (TPSA) is 24.1 Å². The van der Waals surface area contributed by atoms with Crippen molar-refractivity contribution >= 4 is 28.1 Å². The molecule has 0 saturated carbocycles. The molecule has 0 aliphatic heterocycles. The summed E-state index contributed by atoms with van der Waals surface area (Å²) in [6.07, 6.45) is 0. The van der Waals surface area contributed by atoms with Gasteiger partial charge >= 0.3 is 0 Å². The Kier molecular flexibility index (Phi) is 5.11. The van der Waals surface area contributed by atoms with Crippen LogP contribution in [0.25, 0.3) is 10.8 Å². The first kappa shape index (κ1) is 16.5. The Labute approximate surface area is 148 Å². The zero-order valence-electron chi connectivity index (χ0n) is 14.0. The smallest absolute Gasteiger partial charge is 0.167 e. The molecule has 0 amide bonds. The average Bonchev–Trinajstić information content (AvgIpc) is 2.61. The zero-order chi connectivity index (χ0) is 16.9. The van der Waals surface area contributed by atoms with Crippen molar-refractivity contribution in [2.45, 2.75) is 25.9 Å². The second kappa shape index (κ2) is 7.45. The van der Waals surface area contributed by atoms with E-state index in [-0.39, 0.29) is 12.1 Å². The minimum absolute atomic E-state index is 0.138. The van der Waals surface area contributed by atoms with E-state index in [0.29, 0.717) is 5.11 Å². The molecule has 0 saturated heterocycles. The monoisotopic (exact) mass is 334 g/mol. The third kappa shape index (κ3) is 3.74. The molecule has 0 radical (unpaired) electrons. The van der Waals surface area contributed by atoms with Crippen LogP contribution in [0.1, 0.15) is 37.1 Å². The van der Waals surface area contributed by atoms with Gasteiger partial charge in [0.1, 0.15) is 0 Å². The van der Waals surface area contributed by atoms with Crippen LogP contribution in [-0.4, -0.2) is 5.11 Å². The van der Waals surface area contributed by atoms with Gasteiger partial charge in [-0.05, 0) is 48.0 Å². The summed E-state index contributed by atoms with van der Waals surface area (Å²) in [7, 11) is 0. The highest BCUT2D eigenvalue weighted by atomic mass is 32.1. The Morgan fingerprint density at radius 3 is 2.17 bits per heavy atom. The van der Waals surface area contributed by atoms with Crippen molar-refractivity contribution in [1.29, 1.82) is 0 Å². The summed E-state index contributed by atoms with van der Waals surface area (Å²) in [6, 6.07) is 25.5. The molecule has 3 rings (SSSR count). The summed E-state index contributed by atoms with van der Waals surface area (Å²) >= 11 is 5.51. The van der Waals surface area contributed by atoms with Crippen molar-refractivity contribution in [3.8, 4) is 0 Å². The van der Waals surface area contributed by atoms with Crippen LogP contribution in [0.2, 0.25) is 0 Å². The molecule has 0 bridgehead atoms. The number of hydrogen-bond acceptors (Lipinski definition) is 1. The Balaban J connectivity index is 1.70. The Morgan fingerprint density at radius 2 is 1.38 bits per heavy atom. The fraction of sp³-hybridized carbons (Fsp3) is 0.190. The maximum Gasteiger partial charge on any atom is 0.167 e. The Bertz CT molecular complexity index is 824. The second-order valence-corrected chi connectivity index (χ2v) is 6.45. The van der Waals surface area contributed by atoms with E-state index in [1.54, 1.807) is 0 Å². The van der Waals surface area contributed by atoms with Gasteiger partial charge in [-0.2, -0.15) is 0 Å². The minimum atomic E-state index is 0.138. The van der Waals surface area contributed by atoms with Crippen molar-refractivity contribution in [2.24, 2.45) is 0 Å². The van der Waals surface area contributed by atoms with E-state index >= 15 is 0 Å². The predicted molar refractivity (Wildman–Crippen MR) is 106 cm³/mol. The van der Waals surface area contributed by atoms with Crippen molar-refractivity contribution in [3.63, 3.8) is 0 Å². The van der Waals surface area contributed by atoms with Crippen LogP contribution in [-0.2, 0) is 0 Å². The molecule has 0 spiro atoms. The molecule has 0 aliphatic rings. The molecular formula is C21H22N2S. The van der Waals surface area contributed by atoms with E-state index in [4.69, 9.17) is 12.2 Å². The van der Waals surface area contributed by atoms with Crippen molar-refractivity contribution in [3.05, 3.63) is 83.9 Å². The van der Waals surface area contributed by atoms with Gasteiger partial charge < -0.3 is 10.6 Å². The number of nitrogens with one attached hydrogen (secondary N) is 2. The average molecular weight is 334 g/mol. The summed E-state index contributed by atoms with van der Waals surface area (Å²) in [6.45, 7) is 4.26. The second-order valence-electron chi connectivity index (χ2n) is 6.04. The lowest BCUT2D eigenvalue weighted by Crippen LogP contribution is -2.38. The van der Waals surface area contributed by atoms with Crippen LogP contribution in [0.5, 0.6) is 0 Å². The van der Waals surface area contributed by atoms with Gasteiger partial charge in [0.05, 0.1) is 12.1 Å². The summed E-state index contributed by atoms with van der Waals surface area (Å²) in [4.78, 5) is 0. The molecule has 122 valence electrons. The van der Waals surface area contributed by atoms with Crippen molar-refractivity contribution in [1.82, 2.24) is 10.6 Å². The first-order valence-electron chi connectivity index (χ1n) is 8.25. The first-order chi connectivity index (χ1) is 11.6. The minimum Gasteiger partial charge on any atom is -0.356 e. The number of hydrogen-bond donors (Lipinski definition) is 2. The normalized spacial score (nSPS) is 13.2. The number of rotatable bonds is 4. The summed E-state index contributed by atoms with van der Waals surface area (Å²) in [5, 5.41) is 9.96. The van der Waals surface area contributed by atoms with E-state index in [0.717, 1.165) is 0 Å². The maximum absolute atomic E-state index is 5.51. The van der Waals surface area contributed by atoms with Crippen LogP contribution in [0.4, 0.5) is 0 Å². The van der Waals surface area contributed by atoms with E-state index in [2.05, 4.69) is 79.1 Å². The fourth-order valence-electron chi connectivity index (χ4n) is 2.97. The molecule has 2 N–H and O–H groups in total. The van der Waals surface area contributed by atoms with E-state index < -0.39 is 0 Å². The van der Waals surface area contributed by atoms with Crippen LogP contribution >= 0.6 is 12.2 Å². The summed E-state index contributed by atoms with van der Waals surface area (Å²) in [5.41, 5.74) is 2.48. The van der Waals surface area contributed by atoms with Crippen LogP contribution < -0.4 is 10.6 Å². The van der Waals surface area contributed by atoms with Gasteiger partial charge in [0.25, 0.3) is 0 Å². The van der Waals surface area contributed by atoms with Gasteiger partial charge in [0, 0.05) is 0 Å². The van der Waals surface area contributed by atoms with Gasteiger partial charge in [0.15, 0.2) is 5.11 Å². The van der Waals surface area contributed by atoms with Gasteiger partial charge in [-0.1, -0.05) is 72.8 Å². The Hall–Kier alpha value is -2.39. The van der Waals surface area contributed by atoms with Crippen molar-refractivity contribution < 1.29 is 0 Å². The van der Waals surface area contributed by atoms with Crippen molar-refractivity contribution in [2.75, 3.05) is 0 Å². The maximum atomic E-state index is 5.51. The molecule has 0 fully saturated rings. The molecule has 3 aromatic rings. The highest BCUT2D eigenvalue weighted by Gasteiger charge is 2.12. The van der Waals surface area contributed by atoms with Gasteiger partial charge in [-0.3, -0.25) is 0 Å². The molecule has 0 unspecified atom stereocenters. The molecule has 0 aliphatic carbocycles. The lowest BCUT2D eigenvalue weighted by molar-refractivity contribution is 0.658. The third-order valence-electron chi connectivity index (χ3n) is 4.28. The number of fused-ring (bicyclic) bond motifs is 1. The molecule has 2 nitrogen and oxygen atoms in total. The fourth-order valence-corrected chi connectivity index (χ4v) is 3.32. The third-order valence-corrected chi connectivity index (χ3v) is 4.52. The number of thiocarbonyl (C=S) groups is 1. The highest BCUT2D eigenvalue weighted by Crippen LogP contribution is 2.24. The molecule has 3 heteroatoms. The highest BCUT2D eigenvalue weighted by molar-refractivity contribution is 7.80. The SMILES string of the molecule is C[C@H](NC(=S)N[C@H](C)c1cccc2ccccc12)c1ccccc1. The molecule has 24 heavy (non-hydrogen) atoms. The lowest BCUT2D eigenvalue weighted by atomic mass is 10.00. The molecule has 2 atom stereocenters. The van der Waals surface area contributed by atoms with Crippen LogP contribution in [0, 0.1) is 0 Å². The largest absolute Gasteiger partial charge is 0.356 e. The van der Waals surface area contributed by atoms with Crippen LogP contribution in [0.3, 0.4) is 0 Å². The first-order valence-corrected chi connectivity index (χ1v) is 8.65. The standard InChI is InChI=1S/C21H22N2S/c1-15(17-9-4-3-5-10-17)22-21(24)23-16(2)19-14-8-12-18-11-6-7-13-20(18)19/h3-16H,1-2H3,(H2,22,23,24)/t15-,16+/m0/s1. The van der Waals surface area contributed by atoms with Gasteiger partial charge in [-0.25, -0.2) is 0 Å². The number of benzene rings is 3. The van der Waals surface area contributed by atoms with E-state index in [9.17, 15) is 0 Å². The lowest BCUT2D eigenvalue weighted by Gasteiger charge is -2.22. The summed E-state index contributed by atoms with van der Waals surface area (Å²) in [5.74, 6) is 0. The van der Waals surface area contributed by atoms with E-state index in [1.807, 2.05) is 18.2 Å². The molecule has 0 heterocycles. The summed E-state index contributed by atoms with van der Waals surface area (Å²) < 4.78 is 0. The van der Waals surface area contributed by atoms with Crippen LogP contribution in [0.15, 0.2) is 72.8 Å². The molecule has 0 aromatic heterocycles. The van der Waals surface area contributed by atoms with Gasteiger partial charge in [-0.15, -0.1) is 0 Å². The van der Waals surface area contributed by atoms with Gasteiger partial charge in [0.2, 0.25) is 0 Å². The predicted octanol–water partition coefficient (Wildman–Crippen LogP) is 5.13.